The summed E-state index contributed by atoms with van der Waals surface area (Å²) in [5, 5.41) is 9.64. The van der Waals surface area contributed by atoms with E-state index in [1.807, 2.05) is 0 Å². The fraction of sp³-hybridized carbons (Fsp3) is 0. The van der Waals surface area contributed by atoms with Crippen molar-refractivity contribution in [3.05, 3.63) is 67.6 Å². The zero-order chi connectivity index (χ0) is 14.5. The van der Waals surface area contributed by atoms with Gasteiger partial charge in [-0.3, -0.25) is 0 Å². The normalized spacial score (nSPS) is 11.6. The Balaban J connectivity index is 2.15. The summed E-state index contributed by atoms with van der Waals surface area (Å²) in [7, 11) is 0. The molecule has 0 bridgehead atoms. The largest absolute Gasteiger partial charge is 0.158 e. The van der Waals surface area contributed by atoms with Crippen LogP contribution >= 0.6 is 46.4 Å². The highest BCUT2D eigenvalue weighted by atomic mass is 35.5. The molecule has 0 aliphatic rings. The van der Waals surface area contributed by atoms with Gasteiger partial charge < -0.3 is 0 Å². The van der Waals surface area contributed by atoms with E-state index in [1.165, 1.54) is 12.4 Å². The molecule has 0 saturated heterocycles. The Morgan fingerprint density at radius 1 is 0.650 bits per heavy atom. The quantitative estimate of drug-likeness (QED) is 0.499. The average molecular weight is 346 g/mol. The van der Waals surface area contributed by atoms with E-state index in [4.69, 9.17) is 46.4 Å². The molecule has 0 aromatic heterocycles. The molecule has 0 fully saturated rings. The molecule has 102 valence electrons. The molecule has 6 heteroatoms. The summed E-state index contributed by atoms with van der Waals surface area (Å²) in [6, 6.07) is 10.6. The van der Waals surface area contributed by atoms with Crippen LogP contribution in [0.4, 0.5) is 0 Å². The molecular weight excluding hydrogens is 338 g/mol. The molecular formula is C14H8Cl4N2. The monoisotopic (exact) mass is 344 g/mol. The van der Waals surface area contributed by atoms with Crippen molar-refractivity contribution in [1.82, 2.24) is 0 Å². The lowest BCUT2D eigenvalue weighted by Gasteiger charge is -1.99. The second-order valence-corrected chi connectivity index (χ2v) is 5.35. The molecule has 0 heterocycles. The fourth-order valence-corrected chi connectivity index (χ4v) is 2.14. The minimum atomic E-state index is 0.439. The number of benzene rings is 2. The van der Waals surface area contributed by atoms with Crippen molar-refractivity contribution in [3.63, 3.8) is 0 Å². The highest BCUT2D eigenvalue weighted by Crippen LogP contribution is 2.25. The molecule has 2 rings (SSSR count). The van der Waals surface area contributed by atoms with Crippen molar-refractivity contribution in [2.24, 2.45) is 10.2 Å². The van der Waals surface area contributed by atoms with Crippen LogP contribution in [0.5, 0.6) is 0 Å². The standard InChI is InChI=1S/C14H8Cl4N2/c15-11-5-1-3-9(13(11)17)7-19-20-8-10-4-2-6-12(16)14(10)18/h1-8H. The van der Waals surface area contributed by atoms with Crippen LogP contribution in [0.25, 0.3) is 0 Å². The summed E-state index contributed by atoms with van der Waals surface area (Å²) in [6.07, 6.45) is 3.03. The molecule has 0 aliphatic carbocycles. The lowest BCUT2D eigenvalue weighted by Crippen LogP contribution is -1.85. The van der Waals surface area contributed by atoms with Crippen molar-refractivity contribution >= 4 is 58.8 Å². The SMILES string of the molecule is Clc1cccc(C=NN=Cc2cccc(Cl)c2Cl)c1Cl. The summed E-state index contributed by atoms with van der Waals surface area (Å²) in [5.74, 6) is 0. The first-order valence-electron chi connectivity index (χ1n) is 5.54. The fourth-order valence-electron chi connectivity index (χ4n) is 1.43. The third kappa shape index (κ3) is 3.74. The summed E-state index contributed by atoms with van der Waals surface area (Å²) >= 11 is 23.8. The molecule has 2 aromatic rings. The van der Waals surface area contributed by atoms with Crippen LogP contribution in [0.3, 0.4) is 0 Å². The van der Waals surface area contributed by atoms with Gasteiger partial charge in [0, 0.05) is 11.1 Å². The van der Waals surface area contributed by atoms with Gasteiger partial charge in [0.15, 0.2) is 0 Å². The van der Waals surface area contributed by atoms with Gasteiger partial charge in [-0.05, 0) is 12.1 Å². The van der Waals surface area contributed by atoms with Crippen LogP contribution in [0.1, 0.15) is 11.1 Å². The van der Waals surface area contributed by atoms with Crippen LogP contribution < -0.4 is 0 Å². The third-order valence-electron chi connectivity index (χ3n) is 2.42. The van der Waals surface area contributed by atoms with Crippen molar-refractivity contribution in [2.75, 3.05) is 0 Å². The van der Waals surface area contributed by atoms with E-state index in [0.717, 1.165) is 0 Å². The van der Waals surface area contributed by atoms with Gasteiger partial charge in [0.25, 0.3) is 0 Å². The van der Waals surface area contributed by atoms with Crippen LogP contribution in [-0.2, 0) is 0 Å². The Morgan fingerprint density at radius 2 is 1.05 bits per heavy atom. The van der Waals surface area contributed by atoms with E-state index in [1.54, 1.807) is 36.4 Å². The van der Waals surface area contributed by atoms with Crippen LogP contribution in [-0.4, -0.2) is 12.4 Å². The second-order valence-electron chi connectivity index (χ2n) is 3.78. The minimum Gasteiger partial charge on any atom is -0.158 e. The van der Waals surface area contributed by atoms with Gasteiger partial charge in [0.1, 0.15) is 0 Å². The van der Waals surface area contributed by atoms with Gasteiger partial charge in [-0.1, -0.05) is 70.7 Å². The smallest absolute Gasteiger partial charge is 0.0680 e. The molecule has 0 N–H and O–H groups in total. The molecule has 0 radical (unpaired) electrons. The number of hydrogen-bond donors (Lipinski definition) is 0. The number of halogens is 4. The lowest BCUT2D eigenvalue weighted by molar-refractivity contribution is 1.26. The highest BCUT2D eigenvalue weighted by molar-refractivity contribution is 6.44. The summed E-state index contributed by atoms with van der Waals surface area (Å²) in [4.78, 5) is 0. The molecule has 0 aliphatic heterocycles. The maximum Gasteiger partial charge on any atom is 0.0680 e. The predicted molar refractivity (Wildman–Crippen MR) is 88.1 cm³/mol. The molecule has 0 spiro atoms. The van der Waals surface area contributed by atoms with Crippen molar-refractivity contribution in [1.29, 1.82) is 0 Å². The average Bonchev–Trinajstić information content (AvgIpc) is 2.43. The van der Waals surface area contributed by atoms with E-state index in [-0.39, 0.29) is 0 Å². The van der Waals surface area contributed by atoms with E-state index in [9.17, 15) is 0 Å². The maximum atomic E-state index is 6.02. The van der Waals surface area contributed by atoms with Gasteiger partial charge in [-0.25, -0.2) is 0 Å². The predicted octanol–water partition coefficient (Wildman–Crippen LogP) is 5.75. The maximum absolute atomic E-state index is 6.02. The zero-order valence-corrected chi connectivity index (χ0v) is 13.0. The minimum absolute atomic E-state index is 0.439. The molecule has 2 aromatic carbocycles. The lowest BCUT2D eigenvalue weighted by atomic mass is 10.2. The summed E-state index contributed by atoms with van der Waals surface area (Å²) in [6.45, 7) is 0. The number of nitrogens with zero attached hydrogens (tertiary/aromatic N) is 2. The Kier molecular flexibility index (Phi) is 5.44. The van der Waals surface area contributed by atoms with E-state index in [2.05, 4.69) is 10.2 Å². The number of rotatable bonds is 3. The van der Waals surface area contributed by atoms with Gasteiger partial charge >= 0.3 is 0 Å². The molecule has 20 heavy (non-hydrogen) atoms. The third-order valence-corrected chi connectivity index (χ3v) is 4.09. The molecule has 2 nitrogen and oxygen atoms in total. The molecule has 0 saturated carbocycles. The van der Waals surface area contributed by atoms with Crippen LogP contribution in [0.2, 0.25) is 20.1 Å². The molecule has 0 atom stereocenters. The second kappa shape index (κ2) is 7.09. The zero-order valence-electron chi connectivity index (χ0n) is 10.0. The first-order chi connectivity index (χ1) is 9.59. The van der Waals surface area contributed by atoms with Gasteiger partial charge in [-0.2, -0.15) is 10.2 Å². The van der Waals surface area contributed by atoms with Crippen molar-refractivity contribution < 1.29 is 0 Å². The Morgan fingerprint density at radius 3 is 1.45 bits per heavy atom. The highest BCUT2D eigenvalue weighted by Gasteiger charge is 2.02. The first-order valence-corrected chi connectivity index (χ1v) is 7.05. The topological polar surface area (TPSA) is 24.7 Å². The van der Waals surface area contributed by atoms with Crippen molar-refractivity contribution in [2.45, 2.75) is 0 Å². The van der Waals surface area contributed by atoms with Gasteiger partial charge in [-0.15, -0.1) is 0 Å². The van der Waals surface area contributed by atoms with E-state index in [0.29, 0.717) is 31.2 Å². The molecule has 0 unspecified atom stereocenters. The van der Waals surface area contributed by atoms with Crippen LogP contribution in [0, 0.1) is 0 Å². The van der Waals surface area contributed by atoms with E-state index >= 15 is 0 Å². The Hall–Kier alpha value is -1.06. The van der Waals surface area contributed by atoms with Gasteiger partial charge in [0.05, 0.1) is 32.5 Å². The Labute approximate surface area is 136 Å². The van der Waals surface area contributed by atoms with Gasteiger partial charge in [0.2, 0.25) is 0 Å². The van der Waals surface area contributed by atoms with Crippen molar-refractivity contribution in [3.8, 4) is 0 Å². The Bertz CT molecular complexity index is 621. The van der Waals surface area contributed by atoms with Crippen LogP contribution in [0.15, 0.2) is 46.6 Å². The number of hydrogen-bond acceptors (Lipinski definition) is 2. The summed E-state index contributed by atoms with van der Waals surface area (Å²) < 4.78 is 0. The van der Waals surface area contributed by atoms with E-state index < -0.39 is 0 Å². The first kappa shape index (κ1) is 15.3. The molecule has 0 amide bonds. The summed E-state index contributed by atoms with van der Waals surface area (Å²) in [5.41, 5.74) is 1.38.